The van der Waals surface area contributed by atoms with E-state index >= 15 is 0 Å². The van der Waals surface area contributed by atoms with Crippen LogP contribution in [0.3, 0.4) is 0 Å². The first-order valence-electron chi connectivity index (χ1n) is 6.61. The summed E-state index contributed by atoms with van der Waals surface area (Å²) in [7, 11) is 0. The number of aliphatic carboxylic acids is 1. The topological polar surface area (TPSA) is 75.6 Å². The first-order chi connectivity index (χ1) is 8.44. The third-order valence-electron chi connectivity index (χ3n) is 3.89. The summed E-state index contributed by atoms with van der Waals surface area (Å²) in [6.07, 6.45) is 3.33. The number of ether oxygens (including phenoxy) is 1. The summed E-state index contributed by atoms with van der Waals surface area (Å²) in [5.74, 6) is -2.49. The number of carbonyl (C=O) groups is 2. The molecule has 1 heterocycles. The van der Waals surface area contributed by atoms with Crippen LogP contribution in [0.5, 0.6) is 0 Å². The predicted octanol–water partition coefficient (Wildman–Crippen LogP) is 1.56. The Morgan fingerprint density at radius 2 is 2.06 bits per heavy atom. The smallest absolute Gasteiger partial charge is 0.315 e. The monoisotopic (exact) mass is 257 g/mol. The number of rotatable bonds is 5. The Morgan fingerprint density at radius 1 is 1.44 bits per heavy atom. The minimum atomic E-state index is -1.09. The lowest BCUT2D eigenvalue weighted by Crippen LogP contribution is -2.49. The molecule has 0 saturated carbocycles. The molecule has 1 aliphatic rings. The molecule has 104 valence electrons. The van der Waals surface area contributed by atoms with E-state index in [2.05, 4.69) is 19.2 Å². The van der Waals surface area contributed by atoms with Crippen LogP contribution < -0.4 is 5.32 Å². The first-order valence-corrected chi connectivity index (χ1v) is 6.61. The Kier molecular flexibility index (Phi) is 5.14. The molecule has 0 aromatic heterocycles. The fourth-order valence-corrected chi connectivity index (χ4v) is 2.33. The Morgan fingerprint density at radius 3 is 2.56 bits per heavy atom. The highest BCUT2D eigenvalue weighted by molar-refractivity contribution is 5.96. The molecule has 0 aliphatic carbocycles. The molecule has 5 nitrogen and oxygen atoms in total. The number of carboxylic acids is 1. The summed E-state index contributed by atoms with van der Waals surface area (Å²) < 4.78 is 5.82. The van der Waals surface area contributed by atoms with Gasteiger partial charge in [0.1, 0.15) is 5.92 Å². The van der Waals surface area contributed by atoms with Gasteiger partial charge in [-0.1, -0.05) is 13.8 Å². The van der Waals surface area contributed by atoms with Crippen molar-refractivity contribution in [2.24, 2.45) is 5.92 Å². The SMILES string of the molecule is CCC1(CC)CC(NC(=O)C(C)C(=O)O)CCO1. The van der Waals surface area contributed by atoms with Crippen molar-refractivity contribution in [3.8, 4) is 0 Å². The minimum Gasteiger partial charge on any atom is -0.481 e. The van der Waals surface area contributed by atoms with Gasteiger partial charge < -0.3 is 15.2 Å². The highest BCUT2D eigenvalue weighted by Crippen LogP contribution is 2.31. The summed E-state index contributed by atoms with van der Waals surface area (Å²) in [6.45, 7) is 6.18. The molecule has 1 aliphatic heterocycles. The summed E-state index contributed by atoms with van der Waals surface area (Å²) in [6, 6.07) is 0.0212. The van der Waals surface area contributed by atoms with E-state index in [1.54, 1.807) is 0 Å². The maximum atomic E-state index is 11.7. The van der Waals surface area contributed by atoms with Gasteiger partial charge in [0, 0.05) is 12.6 Å². The molecule has 0 bridgehead atoms. The highest BCUT2D eigenvalue weighted by atomic mass is 16.5. The van der Waals surface area contributed by atoms with Crippen molar-refractivity contribution < 1.29 is 19.4 Å². The van der Waals surface area contributed by atoms with Gasteiger partial charge in [0.15, 0.2) is 0 Å². The van der Waals surface area contributed by atoms with Crippen LogP contribution in [0, 0.1) is 5.92 Å². The highest BCUT2D eigenvalue weighted by Gasteiger charge is 2.35. The molecule has 0 aromatic rings. The molecule has 18 heavy (non-hydrogen) atoms. The fraction of sp³-hybridized carbons (Fsp3) is 0.846. The average Bonchev–Trinajstić information content (AvgIpc) is 2.37. The second kappa shape index (κ2) is 6.18. The molecule has 0 aromatic carbocycles. The van der Waals surface area contributed by atoms with E-state index in [1.165, 1.54) is 6.92 Å². The second-order valence-corrected chi connectivity index (χ2v) is 5.00. The van der Waals surface area contributed by atoms with E-state index in [0.29, 0.717) is 6.61 Å². The van der Waals surface area contributed by atoms with E-state index in [1.807, 2.05) is 0 Å². The molecule has 1 rings (SSSR count). The van der Waals surface area contributed by atoms with E-state index in [-0.39, 0.29) is 11.6 Å². The summed E-state index contributed by atoms with van der Waals surface area (Å²) >= 11 is 0. The minimum absolute atomic E-state index is 0.0212. The van der Waals surface area contributed by atoms with Crippen LogP contribution >= 0.6 is 0 Å². The van der Waals surface area contributed by atoms with Gasteiger partial charge in [-0.15, -0.1) is 0 Å². The third kappa shape index (κ3) is 3.45. The maximum absolute atomic E-state index is 11.7. The standard InChI is InChI=1S/C13H23NO4/c1-4-13(5-2)8-10(6-7-18-13)14-11(15)9(3)12(16)17/h9-10H,4-8H2,1-3H3,(H,14,15)(H,16,17). The predicted molar refractivity (Wildman–Crippen MR) is 67.2 cm³/mol. The van der Waals surface area contributed by atoms with Gasteiger partial charge >= 0.3 is 5.97 Å². The van der Waals surface area contributed by atoms with Crippen molar-refractivity contribution in [3.63, 3.8) is 0 Å². The molecule has 1 amide bonds. The number of amides is 1. The number of carboxylic acid groups (broad SMARTS) is 1. The van der Waals surface area contributed by atoms with Gasteiger partial charge in [0.2, 0.25) is 5.91 Å². The maximum Gasteiger partial charge on any atom is 0.315 e. The summed E-state index contributed by atoms with van der Waals surface area (Å²) in [5, 5.41) is 11.6. The molecule has 1 saturated heterocycles. The van der Waals surface area contributed by atoms with Crippen LogP contribution in [0.25, 0.3) is 0 Å². The lowest BCUT2D eigenvalue weighted by Gasteiger charge is -2.40. The van der Waals surface area contributed by atoms with Gasteiger partial charge in [0.25, 0.3) is 0 Å². The largest absolute Gasteiger partial charge is 0.481 e. The Balaban J connectivity index is 2.58. The van der Waals surface area contributed by atoms with Crippen LogP contribution in [-0.4, -0.2) is 35.2 Å². The second-order valence-electron chi connectivity index (χ2n) is 5.00. The van der Waals surface area contributed by atoms with E-state index in [4.69, 9.17) is 9.84 Å². The zero-order valence-corrected chi connectivity index (χ0v) is 11.4. The molecular formula is C13H23NO4. The van der Waals surface area contributed by atoms with Crippen LogP contribution in [-0.2, 0) is 14.3 Å². The lowest BCUT2D eigenvalue weighted by atomic mass is 9.85. The third-order valence-corrected chi connectivity index (χ3v) is 3.89. The van der Waals surface area contributed by atoms with E-state index in [0.717, 1.165) is 25.7 Å². The zero-order chi connectivity index (χ0) is 13.8. The number of nitrogens with one attached hydrogen (secondary N) is 1. The van der Waals surface area contributed by atoms with Gasteiger partial charge in [-0.25, -0.2) is 0 Å². The number of hydrogen-bond donors (Lipinski definition) is 2. The molecule has 5 heteroatoms. The van der Waals surface area contributed by atoms with Crippen molar-refractivity contribution >= 4 is 11.9 Å². The van der Waals surface area contributed by atoms with Crippen LogP contribution in [0.15, 0.2) is 0 Å². The lowest BCUT2D eigenvalue weighted by molar-refractivity contribution is -0.147. The zero-order valence-electron chi connectivity index (χ0n) is 11.4. The molecule has 2 atom stereocenters. The summed E-state index contributed by atoms with van der Waals surface area (Å²) in [4.78, 5) is 22.4. The average molecular weight is 257 g/mol. The fourth-order valence-electron chi connectivity index (χ4n) is 2.33. The number of carbonyl (C=O) groups excluding carboxylic acids is 1. The normalized spacial score (nSPS) is 24.3. The number of hydrogen-bond acceptors (Lipinski definition) is 3. The van der Waals surface area contributed by atoms with Gasteiger partial charge in [-0.2, -0.15) is 0 Å². The quantitative estimate of drug-likeness (QED) is 0.733. The van der Waals surface area contributed by atoms with Crippen molar-refractivity contribution in [2.45, 2.75) is 58.1 Å². The molecule has 2 N–H and O–H groups in total. The van der Waals surface area contributed by atoms with Gasteiger partial charge in [0.05, 0.1) is 5.60 Å². The summed E-state index contributed by atoms with van der Waals surface area (Å²) in [5.41, 5.74) is -0.164. The molecule has 1 fully saturated rings. The van der Waals surface area contributed by atoms with Gasteiger partial charge in [-0.05, 0) is 32.6 Å². The first kappa shape index (κ1) is 15.0. The van der Waals surface area contributed by atoms with Crippen LogP contribution in [0.1, 0.15) is 46.5 Å². The Hall–Kier alpha value is -1.10. The van der Waals surface area contributed by atoms with E-state index < -0.39 is 17.8 Å². The molecule has 2 unspecified atom stereocenters. The molecular weight excluding hydrogens is 234 g/mol. The van der Waals surface area contributed by atoms with Crippen LogP contribution in [0.4, 0.5) is 0 Å². The van der Waals surface area contributed by atoms with Crippen molar-refractivity contribution in [2.75, 3.05) is 6.61 Å². The van der Waals surface area contributed by atoms with Crippen molar-refractivity contribution in [1.82, 2.24) is 5.32 Å². The van der Waals surface area contributed by atoms with E-state index in [9.17, 15) is 9.59 Å². The molecule has 0 spiro atoms. The molecule has 0 radical (unpaired) electrons. The Labute approximate surface area is 108 Å². The van der Waals surface area contributed by atoms with Crippen molar-refractivity contribution in [3.05, 3.63) is 0 Å². The van der Waals surface area contributed by atoms with Crippen molar-refractivity contribution in [1.29, 1.82) is 0 Å². The Bertz CT molecular complexity index is 312. The van der Waals surface area contributed by atoms with Crippen LogP contribution in [0.2, 0.25) is 0 Å². The van der Waals surface area contributed by atoms with Gasteiger partial charge in [-0.3, -0.25) is 9.59 Å².